The highest BCUT2D eigenvalue weighted by Gasteiger charge is 2.14. The number of ether oxygens (including phenoxy) is 1. The molecule has 0 saturated heterocycles. The Morgan fingerprint density at radius 1 is 1.17 bits per heavy atom. The highest BCUT2D eigenvalue weighted by atomic mass is 32.2. The summed E-state index contributed by atoms with van der Waals surface area (Å²) >= 11 is 1.60. The zero-order valence-corrected chi connectivity index (χ0v) is 14.7. The molecule has 2 aromatic rings. The summed E-state index contributed by atoms with van der Waals surface area (Å²) in [5.74, 6) is 1.67. The van der Waals surface area contributed by atoms with Crippen molar-refractivity contribution in [3.05, 3.63) is 59.7 Å². The molecule has 4 heteroatoms. The zero-order valence-electron chi connectivity index (χ0n) is 13.8. The van der Waals surface area contributed by atoms with Crippen LogP contribution >= 0.6 is 11.8 Å². The molecule has 0 aromatic heterocycles. The van der Waals surface area contributed by atoms with Gasteiger partial charge < -0.3 is 10.1 Å². The zero-order chi connectivity index (χ0) is 16.7. The third-order valence-corrected chi connectivity index (χ3v) is 4.60. The van der Waals surface area contributed by atoms with Crippen LogP contribution in [0.5, 0.6) is 5.75 Å². The number of carbonyl (C=O) groups is 1. The maximum atomic E-state index is 12.3. The van der Waals surface area contributed by atoms with Crippen molar-refractivity contribution in [2.24, 2.45) is 0 Å². The molecule has 1 N–H and O–H groups in total. The molecule has 2 rings (SSSR count). The molecular formula is C19H23NO2S. The van der Waals surface area contributed by atoms with Gasteiger partial charge >= 0.3 is 0 Å². The number of thioether (sulfide) groups is 1. The van der Waals surface area contributed by atoms with Gasteiger partial charge in [0.05, 0.1) is 11.9 Å². The molecule has 23 heavy (non-hydrogen) atoms. The lowest BCUT2D eigenvalue weighted by atomic mass is 10.1. The average molecular weight is 329 g/mol. The number of anilines is 1. The number of aryl methyl sites for hydroxylation is 2. The van der Waals surface area contributed by atoms with Gasteiger partial charge in [0, 0.05) is 11.4 Å². The fourth-order valence-electron chi connectivity index (χ4n) is 2.08. The van der Waals surface area contributed by atoms with Crippen molar-refractivity contribution in [3.8, 4) is 5.75 Å². The van der Waals surface area contributed by atoms with Crippen molar-refractivity contribution in [1.29, 1.82) is 0 Å². The predicted molar refractivity (Wildman–Crippen MR) is 98.4 cm³/mol. The van der Waals surface area contributed by atoms with Crippen molar-refractivity contribution in [2.75, 3.05) is 17.7 Å². The van der Waals surface area contributed by atoms with Gasteiger partial charge in [0.25, 0.3) is 0 Å². The summed E-state index contributed by atoms with van der Waals surface area (Å²) in [6.07, 6.45) is 0. The largest absolute Gasteiger partial charge is 0.493 e. The Kier molecular flexibility index (Phi) is 6.53. The van der Waals surface area contributed by atoms with Crippen LogP contribution in [0.4, 0.5) is 5.69 Å². The quantitative estimate of drug-likeness (QED) is 0.763. The maximum absolute atomic E-state index is 12.3. The van der Waals surface area contributed by atoms with Crippen LogP contribution < -0.4 is 10.1 Å². The normalized spacial score (nSPS) is 11.8. The van der Waals surface area contributed by atoms with Crippen LogP contribution in [0.1, 0.15) is 18.1 Å². The Bertz CT molecular complexity index is 643. The Morgan fingerprint density at radius 3 is 2.65 bits per heavy atom. The van der Waals surface area contributed by atoms with Crippen LogP contribution in [0.25, 0.3) is 0 Å². The Balaban J connectivity index is 1.75. The Morgan fingerprint density at radius 2 is 1.91 bits per heavy atom. The third kappa shape index (κ3) is 5.64. The fraction of sp³-hybridized carbons (Fsp3) is 0.316. The van der Waals surface area contributed by atoms with Gasteiger partial charge in [0.15, 0.2) is 0 Å². The lowest BCUT2D eigenvalue weighted by Gasteiger charge is -2.14. The van der Waals surface area contributed by atoms with Crippen LogP contribution in [0.2, 0.25) is 0 Å². The topological polar surface area (TPSA) is 38.3 Å². The summed E-state index contributed by atoms with van der Waals surface area (Å²) in [6, 6.07) is 15.8. The molecule has 1 amide bonds. The van der Waals surface area contributed by atoms with Crippen molar-refractivity contribution in [3.63, 3.8) is 0 Å². The van der Waals surface area contributed by atoms with Gasteiger partial charge in [-0.15, -0.1) is 11.8 Å². The molecule has 1 atom stereocenters. The fourth-order valence-corrected chi connectivity index (χ4v) is 2.83. The molecule has 0 fully saturated rings. The minimum atomic E-state index is -0.116. The van der Waals surface area contributed by atoms with Gasteiger partial charge in [-0.1, -0.05) is 30.3 Å². The van der Waals surface area contributed by atoms with Gasteiger partial charge in [-0.05, 0) is 50.1 Å². The summed E-state index contributed by atoms with van der Waals surface area (Å²) < 4.78 is 5.64. The monoisotopic (exact) mass is 329 g/mol. The SMILES string of the molecule is Cc1ccc(C)c(NC(=O)C(C)SCCOc2ccccc2)c1. The average Bonchev–Trinajstić information content (AvgIpc) is 2.55. The van der Waals surface area contributed by atoms with Crippen molar-refractivity contribution >= 4 is 23.4 Å². The lowest BCUT2D eigenvalue weighted by molar-refractivity contribution is -0.115. The van der Waals surface area contributed by atoms with Gasteiger partial charge in [0.2, 0.25) is 5.91 Å². The maximum Gasteiger partial charge on any atom is 0.237 e. The van der Waals surface area contributed by atoms with E-state index in [1.54, 1.807) is 11.8 Å². The van der Waals surface area contributed by atoms with Crippen molar-refractivity contribution < 1.29 is 9.53 Å². The number of para-hydroxylation sites is 1. The number of nitrogens with one attached hydrogen (secondary N) is 1. The van der Waals surface area contributed by atoms with E-state index in [2.05, 4.69) is 5.32 Å². The van der Waals surface area contributed by atoms with Crippen molar-refractivity contribution in [1.82, 2.24) is 0 Å². The first kappa shape index (κ1) is 17.4. The van der Waals surface area contributed by atoms with E-state index in [1.807, 2.05) is 69.3 Å². The lowest BCUT2D eigenvalue weighted by Crippen LogP contribution is -2.23. The van der Waals surface area contributed by atoms with Gasteiger partial charge in [-0.3, -0.25) is 4.79 Å². The van der Waals surface area contributed by atoms with Gasteiger partial charge in [0.1, 0.15) is 5.75 Å². The standard InChI is InChI=1S/C19H23NO2S/c1-14-9-10-15(2)18(13-14)20-19(21)16(3)23-12-11-22-17-7-5-4-6-8-17/h4-10,13,16H,11-12H2,1-3H3,(H,20,21). The van der Waals surface area contributed by atoms with Crippen LogP contribution in [0, 0.1) is 13.8 Å². The predicted octanol–water partition coefficient (Wildman–Crippen LogP) is 4.44. The van der Waals surface area contributed by atoms with Gasteiger partial charge in [-0.2, -0.15) is 0 Å². The van der Waals surface area contributed by atoms with E-state index in [0.717, 1.165) is 28.3 Å². The summed E-state index contributed by atoms with van der Waals surface area (Å²) in [5.41, 5.74) is 3.11. The summed E-state index contributed by atoms with van der Waals surface area (Å²) in [5, 5.41) is 2.89. The van der Waals surface area contributed by atoms with Crippen LogP contribution in [0.15, 0.2) is 48.5 Å². The summed E-state index contributed by atoms with van der Waals surface area (Å²) in [7, 11) is 0. The summed E-state index contributed by atoms with van der Waals surface area (Å²) in [6.45, 7) is 6.54. The molecule has 3 nitrogen and oxygen atoms in total. The highest BCUT2D eigenvalue weighted by molar-refractivity contribution is 8.00. The number of hydrogen-bond acceptors (Lipinski definition) is 3. The van der Waals surface area contributed by atoms with E-state index in [1.165, 1.54) is 0 Å². The molecule has 0 aliphatic carbocycles. The number of carbonyl (C=O) groups excluding carboxylic acids is 1. The molecule has 2 aromatic carbocycles. The van der Waals surface area contributed by atoms with E-state index in [4.69, 9.17) is 4.74 Å². The molecule has 0 bridgehead atoms. The minimum Gasteiger partial charge on any atom is -0.493 e. The molecule has 0 radical (unpaired) electrons. The first-order chi connectivity index (χ1) is 11.1. The molecule has 0 aliphatic heterocycles. The number of benzene rings is 2. The molecule has 0 aliphatic rings. The smallest absolute Gasteiger partial charge is 0.237 e. The molecule has 0 spiro atoms. The second kappa shape index (κ2) is 8.63. The van der Waals surface area contributed by atoms with E-state index in [0.29, 0.717) is 6.61 Å². The third-order valence-electron chi connectivity index (χ3n) is 3.48. The minimum absolute atomic E-state index is 0.0309. The molecule has 122 valence electrons. The molecule has 0 saturated carbocycles. The number of amides is 1. The summed E-state index contributed by atoms with van der Waals surface area (Å²) in [4.78, 5) is 12.3. The highest BCUT2D eigenvalue weighted by Crippen LogP contribution is 2.19. The number of hydrogen-bond donors (Lipinski definition) is 1. The first-order valence-electron chi connectivity index (χ1n) is 7.74. The van der Waals surface area contributed by atoms with E-state index >= 15 is 0 Å². The van der Waals surface area contributed by atoms with Gasteiger partial charge in [-0.25, -0.2) is 0 Å². The van der Waals surface area contributed by atoms with E-state index in [-0.39, 0.29) is 11.2 Å². The van der Waals surface area contributed by atoms with Crippen LogP contribution in [0.3, 0.4) is 0 Å². The molecule has 1 unspecified atom stereocenters. The Labute approximate surface area is 142 Å². The Hall–Kier alpha value is -1.94. The second-order valence-electron chi connectivity index (χ2n) is 5.48. The van der Waals surface area contributed by atoms with Crippen LogP contribution in [-0.2, 0) is 4.79 Å². The van der Waals surface area contributed by atoms with E-state index in [9.17, 15) is 4.79 Å². The molecule has 0 heterocycles. The second-order valence-corrected chi connectivity index (χ2v) is 6.93. The first-order valence-corrected chi connectivity index (χ1v) is 8.78. The van der Waals surface area contributed by atoms with Crippen molar-refractivity contribution in [2.45, 2.75) is 26.0 Å². The number of rotatable bonds is 7. The molecular weight excluding hydrogens is 306 g/mol. The van der Waals surface area contributed by atoms with Crippen LogP contribution in [-0.4, -0.2) is 23.5 Å². The van der Waals surface area contributed by atoms with E-state index < -0.39 is 0 Å².